The van der Waals surface area contributed by atoms with Crippen molar-refractivity contribution in [1.82, 2.24) is 24.5 Å². The number of nitrogens with zero attached hydrogens (tertiary/aromatic N) is 5. The van der Waals surface area contributed by atoms with Gasteiger partial charge in [-0.05, 0) is 19.9 Å². The lowest BCUT2D eigenvalue weighted by molar-refractivity contribution is -0.0711. The van der Waals surface area contributed by atoms with Crippen molar-refractivity contribution in [3.05, 3.63) is 24.3 Å². The quantitative estimate of drug-likeness (QED) is 0.706. The van der Waals surface area contributed by atoms with Crippen LogP contribution in [0, 0.1) is 0 Å². The molecule has 1 saturated heterocycles. The molecule has 0 bridgehead atoms. The van der Waals surface area contributed by atoms with Crippen LogP contribution in [0.15, 0.2) is 18.5 Å². The summed E-state index contributed by atoms with van der Waals surface area (Å²) in [5.74, 6) is 2.16. The van der Waals surface area contributed by atoms with Crippen molar-refractivity contribution in [3.8, 4) is 11.5 Å². The van der Waals surface area contributed by atoms with Crippen molar-refractivity contribution in [3.63, 3.8) is 0 Å². The molecular formula is C18H23N5O3. The first kappa shape index (κ1) is 17.0. The first-order chi connectivity index (χ1) is 12.6. The monoisotopic (exact) mass is 357 g/mol. The zero-order valence-electron chi connectivity index (χ0n) is 15.5. The van der Waals surface area contributed by atoms with Crippen molar-refractivity contribution in [2.45, 2.75) is 32.6 Å². The molecule has 0 radical (unpaired) electrons. The normalized spacial score (nSPS) is 21.4. The summed E-state index contributed by atoms with van der Waals surface area (Å²) in [6.07, 6.45) is 2.20. The lowest BCUT2D eigenvalue weighted by Gasteiger charge is -2.34. The summed E-state index contributed by atoms with van der Waals surface area (Å²) in [5.41, 5.74) is 1.56. The van der Waals surface area contributed by atoms with E-state index in [1.807, 2.05) is 16.5 Å². The maximum Gasteiger partial charge on any atom is 0.171 e. The van der Waals surface area contributed by atoms with Crippen LogP contribution in [-0.4, -0.2) is 64.0 Å². The Morgan fingerprint density at radius 1 is 1.08 bits per heavy atom. The van der Waals surface area contributed by atoms with Gasteiger partial charge in [0.15, 0.2) is 23.0 Å². The molecule has 0 aliphatic carbocycles. The Labute approximate surface area is 151 Å². The molecule has 138 valence electrons. The van der Waals surface area contributed by atoms with Crippen LogP contribution in [-0.2, 0) is 11.3 Å². The summed E-state index contributed by atoms with van der Waals surface area (Å²) in [6, 6.07) is 3.75. The van der Waals surface area contributed by atoms with Crippen molar-refractivity contribution in [2.75, 3.05) is 27.3 Å². The molecule has 3 heterocycles. The number of methoxy groups -OCH3 is 2. The molecule has 3 aromatic rings. The highest BCUT2D eigenvalue weighted by molar-refractivity contribution is 5.93. The van der Waals surface area contributed by atoms with Crippen molar-refractivity contribution >= 4 is 16.6 Å². The van der Waals surface area contributed by atoms with Crippen LogP contribution in [0.5, 0.6) is 11.5 Å². The van der Waals surface area contributed by atoms with E-state index in [2.05, 4.69) is 33.9 Å². The Morgan fingerprint density at radius 3 is 2.46 bits per heavy atom. The van der Waals surface area contributed by atoms with Crippen molar-refractivity contribution in [1.29, 1.82) is 0 Å². The molecule has 1 aliphatic rings. The molecule has 2 atom stereocenters. The van der Waals surface area contributed by atoms with Gasteiger partial charge in [0.2, 0.25) is 0 Å². The molecule has 0 unspecified atom stereocenters. The summed E-state index contributed by atoms with van der Waals surface area (Å²) < 4.78 is 18.5. The topological polar surface area (TPSA) is 74.0 Å². The zero-order chi connectivity index (χ0) is 18.3. The fourth-order valence-corrected chi connectivity index (χ4v) is 3.62. The molecule has 2 aromatic heterocycles. The first-order valence-electron chi connectivity index (χ1n) is 8.71. The fourth-order valence-electron chi connectivity index (χ4n) is 3.62. The SMILES string of the molecule is COc1cc2ncn3c(CN4C[C@H](C)O[C@@H](C)C4)nnc3c2cc1OC. The zero-order valence-corrected chi connectivity index (χ0v) is 15.5. The number of hydrogen-bond donors (Lipinski definition) is 0. The third kappa shape index (κ3) is 2.95. The molecule has 0 N–H and O–H groups in total. The Bertz CT molecular complexity index is 931. The van der Waals surface area contributed by atoms with Gasteiger partial charge in [0.1, 0.15) is 6.33 Å². The van der Waals surface area contributed by atoms with Crippen molar-refractivity contribution < 1.29 is 14.2 Å². The molecule has 0 amide bonds. The minimum Gasteiger partial charge on any atom is -0.493 e. The van der Waals surface area contributed by atoms with E-state index in [4.69, 9.17) is 14.2 Å². The highest BCUT2D eigenvalue weighted by Crippen LogP contribution is 2.32. The molecular weight excluding hydrogens is 334 g/mol. The van der Waals surface area contributed by atoms with Gasteiger partial charge in [-0.3, -0.25) is 9.30 Å². The van der Waals surface area contributed by atoms with Crippen LogP contribution in [0.1, 0.15) is 19.7 Å². The Kier molecular flexibility index (Phi) is 4.37. The third-order valence-electron chi connectivity index (χ3n) is 4.68. The average molecular weight is 357 g/mol. The first-order valence-corrected chi connectivity index (χ1v) is 8.71. The lowest BCUT2D eigenvalue weighted by atomic mass is 10.2. The number of fused-ring (bicyclic) bond motifs is 3. The van der Waals surface area contributed by atoms with E-state index >= 15 is 0 Å². The van der Waals surface area contributed by atoms with Gasteiger partial charge in [0, 0.05) is 24.5 Å². The minimum absolute atomic E-state index is 0.216. The second-order valence-corrected chi connectivity index (χ2v) is 6.73. The summed E-state index contributed by atoms with van der Waals surface area (Å²) >= 11 is 0. The fraction of sp³-hybridized carbons (Fsp3) is 0.500. The number of morpholine rings is 1. The summed E-state index contributed by atoms with van der Waals surface area (Å²) in [7, 11) is 3.23. The lowest BCUT2D eigenvalue weighted by Crippen LogP contribution is -2.45. The van der Waals surface area contributed by atoms with Gasteiger partial charge in [-0.15, -0.1) is 10.2 Å². The van der Waals surface area contributed by atoms with Gasteiger partial charge in [-0.1, -0.05) is 0 Å². The summed E-state index contributed by atoms with van der Waals surface area (Å²) in [6.45, 7) is 6.66. The maximum absolute atomic E-state index is 5.81. The van der Waals surface area contributed by atoms with Gasteiger partial charge in [0.25, 0.3) is 0 Å². The smallest absolute Gasteiger partial charge is 0.171 e. The average Bonchev–Trinajstić information content (AvgIpc) is 3.02. The van der Waals surface area contributed by atoms with E-state index in [0.29, 0.717) is 18.0 Å². The Balaban J connectivity index is 1.73. The second-order valence-electron chi connectivity index (χ2n) is 6.73. The Hall–Kier alpha value is -2.45. The molecule has 26 heavy (non-hydrogen) atoms. The van der Waals surface area contributed by atoms with Crippen LogP contribution >= 0.6 is 0 Å². The molecule has 1 fully saturated rings. The van der Waals surface area contributed by atoms with Crippen LogP contribution in [0.25, 0.3) is 16.6 Å². The maximum atomic E-state index is 5.81. The highest BCUT2D eigenvalue weighted by atomic mass is 16.5. The van der Waals surface area contributed by atoms with Gasteiger partial charge >= 0.3 is 0 Å². The molecule has 8 heteroatoms. The number of hydrogen-bond acceptors (Lipinski definition) is 7. The largest absolute Gasteiger partial charge is 0.493 e. The second kappa shape index (κ2) is 6.69. The predicted octanol–water partition coefficient (Wildman–Crippen LogP) is 1.90. The summed E-state index contributed by atoms with van der Waals surface area (Å²) in [5, 5.41) is 9.69. The van der Waals surface area contributed by atoms with E-state index in [1.54, 1.807) is 20.5 Å². The number of rotatable bonds is 4. The van der Waals surface area contributed by atoms with E-state index in [-0.39, 0.29) is 12.2 Å². The number of benzene rings is 1. The summed E-state index contributed by atoms with van der Waals surface area (Å²) in [4.78, 5) is 6.89. The van der Waals surface area contributed by atoms with Gasteiger partial charge < -0.3 is 14.2 Å². The Morgan fingerprint density at radius 2 is 1.77 bits per heavy atom. The van der Waals surface area contributed by atoms with E-state index < -0.39 is 0 Å². The molecule has 1 aromatic carbocycles. The third-order valence-corrected chi connectivity index (χ3v) is 4.68. The van der Waals surface area contributed by atoms with E-state index in [0.717, 1.165) is 35.5 Å². The predicted molar refractivity (Wildman–Crippen MR) is 96.7 cm³/mol. The highest BCUT2D eigenvalue weighted by Gasteiger charge is 2.24. The minimum atomic E-state index is 0.216. The standard InChI is InChI=1S/C18H23N5O3/c1-11-7-22(8-12(2)26-11)9-17-20-21-18-13-5-15(24-3)16(25-4)6-14(13)19-10-23(17)18/h5-6,10-12H,7-9H2,1-4H3/t11-,12-/m0/s1. The molecule has 8 nitrogen and oxygen atoms in total. The van der Waals surface area contributed by atoms with Gasteiger partial charge in [-0.25, -0.2) is 4.98 Å². The van der Waals surface area contributed by atoms with Crippen LogP contribution < -0.4 is 9.47 Å². The van der Waals surface area contributed by atoms with E-state index in [9.17, 15) is 0 Å². The molecule has 1 aliphatic heterocycles. The molecule has 0 saturated carbocycles. The molecule has 4 rings (SSSR count). The van der Waals surface area contributed by atoms with Gasteiger partial charge in [0.05, 0.1) is 38.5 Å². The van der Waals surface area contributed by atoms with Gasteiger partial charge in [-0.2, -0.15) is 0 Å². The molecule has 0 spiro atoms. The van der Waals surface area contributed by atoms with Crippen LogP contribution in [0.2, 0.25) is 0 Å². The van der Waals surface area contributed by atoms with Crippen LogP contribution in [0.3, 0.4) is 0 Å². The number of aromatic nitrogens is 4. The number of ether oxygens (including phenoxy) is 3. The van der Waals surface area contributed by atoms with E-state index in [1.165, 1.54) is 0 Å². The van der Waals surface area contributed by atoms with Crippen LogP contribution in [0.4, 0.5) is 0 Å². The van der Waals surface area contributed by atoms with Crippen molar-refractivity contribution in [2.24, 2.45) is 0 Å².